The van der Waals surface area contributed by atoms with Crippen LogP contribution in [-0.4, -0.2) is 0 Å². The largest absolute Gasteiger partial charge is 0.103 e. The van der Waals surface area contributed by atoms with Crippen LogP contribution < -0.4 is 0 Å². The van der Waals surface area contributed by atoms with E-state index in [9.17, 15) is 0 Å². The van der Waals surface area contributed by atoms with Gasteiger partial charge in [-0.1, -0.05) is 88.7 Å². The molecule has 0 N–H and O–H groups in total. The fraction of sp³-hybridized carbons (Fsp3) is 0.930. The van der Waals surface area contributed by atoms with E-state index in [2.05, 4.69) is 130 Å². The first-order valence-electron chi connectivity index (χ1n) is 32.2. The lowest BCUT2D eigenvalue weighted by Gasteiger charge is -2.51. The summed E-state index contributed by atoms with van der Waals surface area (Å²) in [6, 6.07) is 0. The molecule has 6 aliphatic rings. The van der Waals surface area contributed by atoms with E-state index in [1.165, 1.54) is 180 Å². The van der Waals surface area contributed by atoms with Gasteiger partial charge in [0, 0.05) is 23.2 Å². The van der Waals surface area contributed by atoms with Crippen LogP contribution in [-0.2, 0) is 0 Å². The molecule has 0 saturated heterocycles. The van der Waals surface area contributed by atoms with Gasteiger partial charge in [-0.3, -0.25) is 0 Å². The van der Waals surface area contributed by atoms with Gasteiger partial charge in [0.1, 0.15) is 16.7 Å². The zero-order chi connectivity index (χ0) is 52.3. The maximum Gasteiger partial charge on any atom is 0.103 e. The summed E-state index contributed by atoms with van der Waals surface area (Å²) < 4.78 is 0. The second kappa shape index (κ2) is 24.3. The van der Waals surface area contributed by atoms with Crippen molar-refractivity contribution in [2.45, 2.75) is 284 Å². The van der Waals surface area contributed by atoms with Crippen LogP contribution in [0.1, 0.15) is 284 Å². The predicted molar refractivity (Wildman–Crippen MR) is 315 cm³/mol. The van der Waals surface area contributed by atoms with Crippen LogP contribution in [0.3, 0.4) is 0 Å². The lowest BCUT2D eigenvalue weighted by molar-refractivity contribution is -0.00906. The fourth-order valence-corrected chi connectivity index (χ4v) is 19.1. The molecule has 0 spiro atoms. The molecule has 0 amide bonds. The highest BCUT2D eigenvalue weighted by Gasteiger charge is 2.50. The van der Waals surface area contributed by atoms with E-state index in [4.69, 9.17) is 6.92 Å². The van der Waals surface area contributed by atoms with Crippen LogP contribution in [0.25, 0.3) is 0 Å². The highest BCUT2D eigenvalue weighted by atomic mass is 14.5. The van der Waals surface area contributed by atoms with Gasteiger partial charge in [-0.25, -0.2) is 0 Å². The monoisotopic (exact) mass is 980 g/mol. The van der Waals surface area contributed by atoms with Crippen molar-refractivity contribution in [3.8, 4) is 0 Å². The molecule has 6 aliphatic carbocycles. The summed E-state index contributed by atoms with van der Waals surface area (Å²) in [6.45, 7) is 57.2. The maximum absolute atomic E-state index is 5.10. The van der Waals surface area contributed by atoms with Crippen molar-refractivity contribution in [2.75, 3.05) is 0 Å². The first-order valence-corrected chi connectivity index (χ1v) is 32.2. The number of rotatable bonds is 20. The van der Waals surface area contributed by atoms with Gasteiger partial charge in [0.2, 0.25) is 0 Å². The van der Waals surface area contributed by atoms with Crippen molar-refractivity contribution in [1.82, 2.24) is 0 Å². The lowest BCUT2D eigenvalue weighted by Crippen LogP contribution is -2.42. The lowest BCUT2D eigenvalue weighted by atomic mass is 9.54. The van der Waals surface area contributed by atoms with Crippen LogP contribution in [0.15, 0.2) is 12.7 Å². The quantitative estimate of drug-likeness (QED) is 0.0842. The van der Waals surface area contributed by atoms with Gasteiger partial charge in [-0.15, -0.1) is 6.58 Å². The molecule has 0 nitrogen and oxygen atoms in total. The zero-order valence-electron chi connectivity index (χ0n) is 51.0. The van der Waals surface area contributed by atoms with E-state index in [0.29, 0.717) is 27.6 Å². The molecule has 0 aromatic heterocycles. The van der Waals surface area contributed by atoms with Crippen LogP contribution in [0, 0.1) is 154 Å². The third-order valence-corrected chi connectivity index (χ3v) is 25.1. The average molecular weight is 981 g/mol. The Morgan fingerprint density at radius 3 is 1.18 bits per heavy atom. The third kappa shape index (κ3) is 15.5. The standard InChI is InChI=1S/C71H127/c1-20-52-22-34-61(35-23-52)70(16,17)48-65(57-30-42-62(43-31-57)69(14,15)47-50(3)54-26-38-59(39-27-54)67(8,9)10)64(46-21-49(2)53-24-36-58(37-25-53)66(5,6)7)56-32-44-63(45-33-56)71(18,19)51(4)55-28-40-60(41-29-55)68(11,12)13/h20,49-65H,1,4,8,11,21-48H2,2-3,5-7,9-10,12-19H3/q+3. The molecule has 71 heavy (non-hydrogen) atoms. The smallest absolute Gasteiger partial charge is 0.103 e. The normalized spacial score (nSPS) is 35.8. The first kappa shape index (κ1) is 59.6. The van der Waals surface area contributed by atoms with Crippen LogP contribution in [0.4, 0.5) is 0 Å². The summed E-state index contributed by atoms with van der Waals surface area (Å²) in [7, 11) is 0. The molecule has 0 heteroatoms. The Hall–Kier alpha value is -0.650. The predicted octanol–water partition coefficient (Wildman–Crippen LogP) is 22.4. The topological polar surface area (TPSA) is 0 Å². The minimum atomic E-state index is 0.200. The number of hydrogen-bond acceptors (Lipinski definition) is 0. The molecule has 0 heterocycles. The highest BCUT2D eigenvalue weighted by molar-refractivity contribution is 5.00. The van der Waals surface area contributed by atoms with Crippen LogP contribution >= 0.6 is 0 Å². The summed E-state index contributed by atoms with van der Waals surface area (Å²) in [6.07, 6.45) is 42.6. The van der Waals surface area contributed by atoms with Gasteiger partial charge in [0.15, 0.2) is 0 Å². The maximum atomic E-state index is 5.10. The van der Waals surface area contributed by atoms with Crippen molar-refractivity contribution in [1.29, 1.82) is 0 Å². The van der Waals surface area contributed by atoms with Gasteiger partial charge in [-0.2, -0.15) is 0 Å². The van der Waals surface area contributed by atoms with E-state index in [-0.39, 0.29) is 10.8 Å². The Morgan fingerprint density at radius 2 is 0.746 bits per heavy atom. The second-order valence-corrected chi connectivity index (χ2v) is 32.9. The average Bonchev–Trinajstić information content (AvgIpc) is 3.32. The Morgan fingerprint density at radius 1 is 0.394 bits per heavy atom. The first-order chi connectivity index (χ1) is 33.0. The van der Waals surface area contributed by atoms with Crippen molar-refractivity contribution >= 4 is 0 Å². The van der Waals surface area contributed by atoms with Crippen molar-refractivity contribution in [3.63, 3.8) is 0 Å². The van der Waals surface area contributed by atoms with Gasteiger partial charge in [0.25, 0.3) is 0 Å². The van der Waals surface area contributed by atoms with Gasteiger partial charge in [-0.05, 0) is 294 Å². The van der Waals surface area contributed by atoms with E-state index in [0.717, 1.165) is 94.7 Å². The Balaban J connectivity index is 1.20. The highest BCUT2D eigenvalue weighted by Crippen LogP contribution is 2.58. The summed E-state index contributed by atoms with van der Waals surface area (Å²) >= 11 is 0. The van der Waals surface area contributed by atoms with Crippen molar-refractivity contribution in [3.05, 3.63) is 33.4 Å². The Bertz CT molecular complexity index is 1530. The SMILES string of the molecule is C=CC1CCC(C(C)(C)CC(C2CCC(C(C)(C)CC(C)C3CCC(C([CH2+])(C)C)CC3)CC2)C(CCC(C)C2CCC(C(C)(C)C)CC2)C2CCC(C(C)(C)C([CH2+])C3CCC(C([CH2+])(C)C)CC3)CC2)CC1. The molecule has 0 radical (unpaired) electrons. The molecule has 0 aromatic rings. The summed E-state index contributed by atoms with van der Waals surface area (Å²) in [4.78, 5) is 0. The van der Waals surface area contributed by atoms with E-state index < -0.39 is 0 Å². The fourth-order valence-electron chi connectivity index (χ4n) is 19.1. The molecule has 0 aromatic carbocycles. The van der Waals surface area contributed by atoms with Crippen molar-refractivity contribution in [2.24, 2.45) is 133 Å². The van der Waals surface area contributed by atoms with Gasteiger partial charge >= 0.3 is 0 Å². The summed E-state index contributed by atoms with van der Waals surface area (Å²) in [5, 5.41) is 0. The van der Waals surface area contributed by atoms with Crippen LogP contribution in [0.5, 0.6) is 0 Å². The molecule has 0 aliphatic heterocycles. The van der Waals surface area contributed by atoms with E-state index >= 15 is 0 Å². The Labute approximate surface area is 448 Å². The van der Waals surface area contributed by atoms with Gasteiger partial charge in [0.05, 0.1) is 20.8 Å². The third-order valence-electron chi connectivity index (χ3n) is 25.1. The number of hydrogen-bond donors (Lipinski definition) is 0. The molecule has 6 saturated carbocycles. The second-order valence-electron chi connectivity index (χ2n) is 32.9. The number of allylic oxidation sites excluding steroid dienone is 1. The minimum absolute atomic E-state index is 0.200. The molecule has 408 valence electrons. The molecule has 6 fully saturated rings. The Kier molecular flexibility index (Phi) is 20.4. The molecule has 5 unspecified atom stereocenters. The summed E-state index contributed by atoms with van der Waals surface area (Å²) in [5.41, 5.74) is 2.05. The summed E-state index contributed by atoms with van der Waals surface area (Å²) in [5.74, 6) is 14.3. The zero-order valence-corrected chi connectivity index (χ0v) is 51.0. The minimum Gasteiger partial charge on any atom is -0.103 e. The molecule has 6 rings (SSSR count). The van der Waals surface area contributed by atoms with Gasteiger partial charge < -0.3 is 0 Å². The molecular weight excluding hydrogens is 853 g/mol. The van der Waals surface area contributed by atoms with E-state index in [1.807, 2.05) is 0 Å². The molecule has 0 bridgehead atoms. The van der Waals surface area contributed by atoms with Crippen molar-refractivity contribution < 1.29 is 0 Å². The molecular formula is C71H127+3. The van der Waals surface area contributed by atoms with E-state index in [1.54, 1.807) is 0 Å². The van der Waals surface area contributed by atoms with Crippen LogP contribution in [0.2, 0.25) is 0 Å². The molecule has 5 atom stereocenters.